The Bertz CT molecular complexity index is 458. The molecule has 7 nitrogen and oxygen atoms in total. The standard InChI is InChI=1S/C8H16N4O3S/c1-8(2,4-13)11-16(14,15)7-6(9)10-5-12(7)3/h5,11,13H,4,9H2,1-3H3. The van der Waals surface area contributed by atoms with E-state index in [1.807, 2.05) is 0 Å². The van der Waals surface area contributed by atoms with Crippen molar-refractivity contribution in [1.29, 1.82) is 0 Å². The maximum atomic E-state index is 11.9. The first kappa shape index (κ1) is 12.9. The van der Waals surface area contributed by atoms with Gasteiger partial charge in [-0.05, 0) is 13.8 Å². The smallest absolute Gasteiger partial charge is 0.260 e. The van der Waals surface area contributed by atoms with Gasteiger partial charge in [0.15, 0.2) is 10.8 Å². The summed E-state index contributed by atoms with van der Waals surface area (Å²) >= 11 is 0. The largest absolute Gasteiger partial charge is 0.394 e. The Balaban J connectivity index is 3.14. The number of anilines is 1. The van der Waals surface area contributed by atoms with E-state index >= 15 is 0 Å². The zero-order valence-corrected chi connectivity index (χ0v) is 10.2. The molecule has 0 atom stereocenters. The van der Waals surface area contributed by atoms with E-state index in [0.29, 0.717) is 0 Å². The molecular formula is C8H16N4O3S. The Morgan fingerprint density at radius 3 is 2.56 bits per heavy atom. The highest BCUT2D eigenvalue weighted by Crippen LogP contribution is 2.17. The Labute approximate surface area is 94.3 Å². The number of nitrogen functional groups attached to an aromatic ring is 1. The van der Waals surface area contributed by atoms with E-state index in [4.69, 9.17) is 10.8 Å². The summed E-state index contributed by atoms with van der Waals surface area (Å²) in [7, 11) is -2.25. The first-order valence-corrected chi connectivity index (χ1v) is 6.09. The summed E-state index contributed by atoms with van der Waals surface area (Å²) in [5.74, 6) is -0.0660. The SMILES string of the molecule is Cn1cnc(N)c1S(=O)(=O)NC(C)(C)CO. The fourth-order valence-corrected chi connectivity index (χ4v) is 2.85. The lowest BCUT2D eigenvalue weighted by Gasteiger charge is -2.23. The van der Waals surface area contributed by atoms with Crippen LogP contribution in [-0.2, 0) is 17.1 Å². The molecule has 0 aromatic carbocycles. The molecule has 0 fully saturated rings. The lowest BCUT2D eigenvalue weighted by molar-refractivity contribution is 0.208. The van der Waals surface area contributed by atoms with Crippen molar-refractivity contribution in [3.63, 3.8) is 0 Å². The normalized spacial score (nSPS) is 13.0. The average molecular weight is 248 g/mol. The number of aliphatic hydroxyl groups excluding tert-OH is 1. The van der Waals surface area contributed by atoms with E-state index in [-0.39, 0.29) is 17.5 Å². The molecule has 0 unspecified atom stereocenters. The second-order valence-corrected chi connectivity index (χ2v) is 5.79. The number of sulfonamides is 1. The first-order chi connectivity index (χ1) is 7.19. The summed E-state index contributed by atoms with van der Waals surface area (Å²) in [5.41, 5.74) is 4.53. The fraction of sp³-hybridized carbons (Fsp3) is 0.625. The molecule has 0 radical (unpaired) electrons. The van der Waals surface area contributed by atoms with Crippen molar-refractivity contribution in [3.8, 4) is 0 Å². The molecule has 4 N–H and O–H groups in total. The number of nitrogens with two attached hydrogens (primary N) is 1. The number of aryl methyl sites for hydroxylation is 1. The highest BCUT2D eigenvalue weighted by Gasteiger charge is 2.29. The molecular weight excluding hydrogens is 232 g/mol. The van der Waals surface area contributed by atoms with Crippen molar-refractivity contribution < 1.29 is 13.5 Å². The lowest BCUT2D eigenvalue weighted by Crippen LogP contribution is -2.46. The molecule has 1 aromatic heterocycles. The zero-order chi connectivity index (χ0) is 12.6. The van der Waals surface area contributed by atoms with Crippen molar-refractivity contribution in [3.05, 3.63) is 6.33 Å². The molecule has 92 valence electrons. The molecule has 0 aliphatic heterocycles. The second-order valence-electron chi connectivity index (χ2n) is 4.19. The molecule has 1 heterocycles. The maximum absolute atomic E-state index is 11.9. The summed E-state index contributed by atoms with van der Waals surface area (Å²) in [6.45, 7) is 2.82. The van der Waals surface area contributed by atoms with Gasteiger partial charge in [0.25, 0.3) is 10.0 Å². The van der Waals surface area contributed by atoms with Gasteiger partial charge in [-0.15, -0.1) is 0 Å². The highest BCUT2D eigenvalue weighted by atomic mass is 32.2. The summed E-state index contributed by atoms with van der Waals surface area (Å²) < 4.78 is 27.6. The van der Waals surface area contributed by atoms with E-state index in [1.165, 1.54) is 17.9 Å². The van der Waals surface area contributed by atoms with Gasteiger partial charge >= 0.3 is 0 Å². The zero-order valence-electron chi connectivity index (χ0n) is 9.43. The highest BCUT2D eigenvalue weighted by molar-refractivity contribution is 7.89. The van der Waals surface area contributed by atoms with Crippen molar-refractivity contribution in [2.75, 3.05) is 12.3 Å². The molecule has 0 saturated heterocycles. The van der Waals surface area contributed by atoms with E-state index < -0.39 is 15.6 Å². The molecule has 0 aliphatic carbocycles. The van der Waals surface area contributed by atoms with Gasteiger partial charge in [-0.2, -0.15) is 0 Å². The number of rotatable bonds is 4. The van der Waals surface area contributed by atoms with Crippen LogP contribution in [0.5, 0.6) is 0 Å². The number of aliphatic hydroxyl groups is 1. The molecule has 0 aliphatic rings. The minimum Gasteiger partial charge on any atom is -0.394 e. The van der Waals surface area contributed by atoms with Gasteiger partial charge in [0.1, 0.15) is 0 Å². The molecule has 0 saturated carbocycles. The van der Waals surface area contributed by atoms with Gasteiger partial charge in [0.05, 0.1) is 18.5 Å². The van der Waals surface area contributed by atoms with Crippen LogP contribution >= 0.6 is 0 Å². The third kappa shape index (κ3) is 2.52. The molecule has 0 bridgehead atoms. The Kier molecular flexibility index (Phi) is 3.27. The minimum absolute atomic E-state index is 0.0660. The van der Waals surface area contributed by atoms with Crippen LogP contribution in [0.2, 0.25) is 0 Å². The predicted molar refractivity (Wildman–Crippen MR) is 59.1 cm³/mol. The molecule has 1 aromatic rings. The van der Waals surface area contributed by atoms with Crippen molar-refractivity contribution in [1.82, 2.24) is 14.3 Å². The van der Waals surface area contributed by atoms with E-state index in [9.17, 15) is 8.42 Å². The number of hydrogen-bond donors (Lipinski definition) is 3. The van der Waals surface area contributed by atoms with E-state index in [0.717, 1.165) is 0 Å². The van der Waals surface area contributed by atoms with Crippen LogP contribution in [-0.4, -0.2) is 35.2 Å². The average Bonchev–Trinajstić information content (AvgIpc) is 2.44. The van der Waals surface area contributed by atoms with Crippen LogP contribution < -0.4 is 10.5 Å². The molecule has 0 spiro atoms. The predicted octanol–water partition coefficient (Wildman–Crippen LogP) is -0.948. The Hall–Kier alpha value is -1.12. The van der Waals surface area contributed by atoms with E-state index in [1.54, 1.807) is 13.8 Å². The van der Waals surface area contributed by atoms with Crippen LogP contribution in [0.1, 0.15) is 13.8 Å². The van der Waals surface area contributed by atoms with Crippen LogP contribution in [0.4, 0.5) is 5.82 Å². The second kappa shape index (κ2) is 4.04. The topological polar surface area (TPSA) is 110 Å². The molecule has 16 heavy (non-hydrogen) atoms. The quantitative estimate of drug-likeness (QED) is 0.636. The summed E-state index contributed by atoms with van der Waals surface area (Å²) in [4.78, 5) is 3.70. The summed E-state index contributed by atoms with van der Waals surface area (Å²) in [6.07, 6.45) is 1.32. The van der Waals surface area contributed by atoms with Gasteiger partial charge in [-0.3, -0.25) is 0 Å². The number of imidazole rings is 1. The Morgan fingerprint density at radius 2 is 2.19 bits per heavy atom. The van der Waals surface area contributed by atoms with Crippen molar-refractivity contribution in [2.45, 2.75) is 24.4 Å². The maximum Gasteiger partial charge on any atom is 0.260 e. The lowest BCUT2D eigenvalue weighted by atomic mass is 10.1. The van der Waals surface area contributed by atoms with Crippen molar-refractivity contribution >= 4 is 15.8 Å². The van der Waals surface area contributed by atoms with Crippen LogP contribution in [0.3, 0.4) is 0 Å². The van der Waals surface area contributed by atoms with Gasteiger partial charge < -0.3 is 15.4 Å². The van der Waals surface area contributed by atoms with Crippen LogP contribution in [0, 0.1) is 0 Å². The summed E-state index contributed by atoms with van der Waals surface area (Å²) in [6, 6.07) is 0. The summed E-state index contributed by atoms with van der Waals surface area (Å²) in [5, 5.41) is 8.91. The van der Waals surface area contributed by atoms with Gasteiger partial charge in [-0.25, -0.2) is 18.1 Å². The van der Waals surface area contributed by atoms with Crippen LogP contribution in [0.15, 0.2) is 11.4 Å². The number of nitrogens with one attached hydrogen (secondary N) is 1. The number of nitrogens with zero attached hydrogens (tertiary/aromatic N) is 2. The third-order valence-electron chi connectivity index (χ3n) is 1.97. The molecule has 0 amide bonds. The van der Waals surface area contributed by atoms with Gasteiger partial charge in [0.2, 0.25) is 0 Å². The van der Waals surface area contributed by atoms with E-state index in [2.05, 4.69) is 9.71 Å². The number of aromatic nitrogens is 2. The van der Waals surface area contributed by atoms with Gasteiger partial charge in [-0.1, -0.05) is 0 Å². The van der Waals surface area contributed by atoms with Gasteiger partial charge in [0, 0.05) is 7.05 Å². The molecule has 8 heteroatoms. The minimum atomic E-state index is -3.78. The fourth-order valence-electron chi connectivity index (χ4n) is 1.21. The van der Waals surface area contributed by atoms with Crippen molar-refractivity contribution in [2.24, 2.45) is 7.05 Å². The number of hydrogen-bond acceptors (Lipinski definition) is 5. The Morgan fingerprint density at radius 1 is 1.62 bits per heavy atom. The first-order valence-electron chi connectivity index (χ1n) is 4.61. The monoisotopic (exact) mass is 248 g/mol. The third-order valence-corrected chi connectivity index (χ3v) is 3.80. The van der Waals surface area contributed by atoms with Crippen LogP contribution in [0.25, 0.3) is 0 Å². The molecule has 1 rings (SSSR count).